The van der Waals surface area contributed by atoms with Gasteiger partial charge in [0.25, 0.3) is 0 Å². The van der Waals surface area contributed by atoms with Crippen LogP contribution in [0.4, 0.5) is 10.5 Å². The summed E-state index contributed by atoms with van der Waals surface area (Å²) in [4.78, 5) is 13.7. The van der Waals surface area contributed by atoms with Crippen molar-refractivity contribution in [2.75, 3.05) is 32.0 Å². The first-order valence-electron chi connectivity index (χ1n) is 6.77. The molecule has 0 bridgehead atoms. The molecule has 1 aliphatic rings. The molecule has 1 fully saturated rings. The average Bonchev–Trinajstić information content (AvgIpc) is 2.44. The highest BCUT2D eigenvalue weighted by Crippen LogP contribution is 2.14. The molecular weight excluding hydrogens is 242 g/mol. The number of nitrogen functional groups attached to an aromatic ring is 1. The first kappa shape index (κ1) is 13.5. The molecule has 5 heteroatoms. The normalized spacial score (nSPS) is 15.1. The van der Waals surface area contributed by atoms with Crippen LogP contribution in [-0.4, -0.2) is 37.2 Å². The Morgan fingerprint density at radius 2 is 2.11 bits per heavy atom. The smallest absolute Gasteiger partial charge is 0.317 e. The van der Waals surface area contributed by atoms with Crippen LogP contribution in [0.2, 0.25) is 0 Å². The van der Waals surface area contributed by atoms with Crippen molar-refractivity contribution < 1.29 is 9.53 Å². The second-order valence-electron chi connectivity index (χ2n) is 4.70. The molecular formula is C14H21N3O2. The quantitative estimate of drug-likeness (QED) is 0.643. The van der Waals surface area contributed by atoms with Gasteiger partial charge in [0, 0.05) is 24.8 Å². The zero-order valence-corrected chi connectivity index (χ0v) is 11.1. The highest BCUT2D eigenvalue weighted by atomic mass is 16.5. The standard InChI is InChI=1S/C14H21N3O2/c15-12-5-4-6-13(11-12)19-10-7-16-14(18)17-8-2-1-3-9-17/h4-6,11H,1-3,7-10,15H2,(H,16,18). The van der Waals surface area contributed by atoms with Gasteiger partial charge in [-0.15, -0.1) is 0 Å². The molecule has 1 aromatic carbocycles. The average molecular weight is 263 g/mol. The van der Waals surface area contributed by atoms with Crippen LogP contribution in [0.15, 0.2) is 24.3 Å². The lowest BCUT2D eigenvalue weighted by atomic mass is 10.1. The molecule has 19 heavy (non-hydrogen) atoms. The molecule has 1 saturated heterocycles. The lowest BCUT2D eigenvalue weighted by Gasteiger charge is -2.26. The van der Waals surface area contributed by atoms with E-state index in [9.17, 15) is 4.79 Å². The van der Waals surface area contributed by atoms with Crippen LogP contribution in [-0.2, 0) is 0 Å². The Morgan fingerprint density at radius 3 is 2.84 bits per heavy atom. The van der Waals surface area contributed by atoms with Crippen molar-refractivity contribution in [1.82, 2.24) is 10.2 Å². The fraction of sp³-hybridized carbons (Fsp3) is 0.500. The maximum absolute atomic E-state index is 11.8. The number of anilines is 1. The molecule has 0 aromatic heterocycles. The Kier molecular flexibility index (Phi) is 4.89. The van der Waals surface area contributed by atoms with Crippen molar-refractivity contribution in [1.29, 1.82) is 0 Å². The molecule has 1 aromatic rings. The molecule has 0 unspecified atom stereocenters. The van der Waals surface area contributed by atoms with E-state index in [2.05, 4.69) is 5.32 Å². The van der Waals surface area contributed by atoms with Gasteiger partial charge in [0.2, 0.25) is 0 Å². The summed E-state index contributed by atoms with van der Waals surface area (Å²) in [7, 11) is 0. The summed E-state index contributed by atoms with van der Waals surface area (Å²) < 4.78 is 5.51. The van der Waals surface area contributed by atoms with Crippen molar-refractivity contribution in [3.05, 3.63) is 24.3 Å². The number of nitrogens with one attached hydrogen (secondary N) is 1. The topological polar surface area (TPSA) is 67.6 Å². The lowest BCUT2D eigenvalue weighted by Crippen LogP contribution is -2.43. The number of urea groups is 1. The van der Waals surface area contributed by atoms with Crippen molar-refractivity contribution >= 4 is 11.7 Å². The van der Waals surface area contributed by atoms with Gasteiger partial charge < -0.3 is 20.7 Å². The van der Waals surface area contributed by atoms with E-state index in [0.29, 0.717) is 18.8 Å². The highest BCUT2D eigenvalue weighted by Gasteiger charge is 2.15. The SMILES string of the molecule is Nc1cccc(OCCNC(=O)N2CCCCC2)c1. The van der Waals surface area contributed by atoms with E-state index in [0.717, 1.165) is 31.7 Å². The van der Waals surface area contributed by atoms with E-state index in [4.69, 9.17) is 10.5 Å². The van der Waals surface area contributed by atoms with Crippen molar-refractivity contribution in [2.45, 2.75) is 19.3 Å². The van der Waals surface area contributed by atoms with Crippen molar-refractivity contribution in [3.8, 4) is 5.75 Å². The van der Waals surface area contributed by atoms with Crippen molar-refractivity contribution in [3.63, 3.8) is 0 Å². The summed E-state index contributed by atoms with van der Waals surface area (Å²) in [6.07, 6.45) is 3.43. The fourth-order valence-electron chi connectivity index (χ4n) is 2.14. The summed E-state index contributed by atoms with van der Waals surface area (Å²) in [5.74, 6) is 0.729. The number of hydrogen-bond donors (Lipinski definition) is 2. The third-order valence-electron chi connectivity index (χ3n) is 3.15. The lowest BCUT2D eigenvalue weighted by molar-refractivity contribution is 0.184. The molecule has 1 aliphatic heterocycles. The predicted molar refractivity (Wildman–Crippen MR) is 75.2 cm³/mol. The maximum atomic E-state index is 11.8. The molecule has 3 N–H and O–H groups in total. The zero-order chi connectivity index (χ0) is 13.5. The van der Waals surface area contributed by atoms with Gasteiger partial charge in [-0.2, -0.15) is 0 Å². The van der Waals surface area contributed by atoms with E-state index in [1.165, 1.54) is 6.42 Å². The molecule has 0 saturated carbocycles. The number of carbonyl (C=O) groups excluding carboxylic acids is 1. The Morgan fingerprint density at radius 1 is 1.32 bits per heavy atom. The first-order chi connectivity index (χ1) is 9.25. The van der Waals surface area contributed by atoms with Gasteiger partial charge in [0.1, 0.15) is 12.4 Å². The third kappa shape index (κ3) is 4.35. The van der Waals surface area contributed by atoms with Crippen LogP contribution >= 0.6 is 0 Å². The Balaban J connectivity index is 1.65. The van der Waals surface area contributed by atoms with Crippen LogP contribution in [0.25, 0.3) is 0 Å². The third-order valence-corrected chi connectivity index (χ3v) is 3.15. The monoisotopic (exact) mass is 263 g/mol. The number of amides is 2. The Bertz CT molecular complexity index is 417. The summed E-state index contributed by atoms with van der Waals surface area (Å²) in [5, 5.41) is 2.87. The minimum Gasteiger partial charge on any atom is -0.492 e. The number of nitrogens with two attached hydrogens (primary N) is 1. The largest absolute Gasteiger partial charge is 0.492 e. The molecule has 5 nitrogen and oxygen atoms in total. The number of likely N-dealkylation sites (tertiary alicyclic amines) is 1. The number of hydrogen-bond acceptors (Lipinski definition) is 3. The molecule has 0 spiro atoms. The van der Waals surface area contributed by atoms with Crippen LogP contribution in [0.3, 0.4) is 0 Å². The summed E-state index contributed by atoms with van der Waals surface area (Å²) in [6.45, 7) is 2.68. The van der Waals surface area contributed by atoms with Gasteiger partial charge in [-0.3, -0.25) is 0 Å². The highest BCUT2D eigenvalue weighted by molar-refractivity contribution is 5.74. The molecule has 1 heterocycles. The molecule has 0 atom stereocenters. The van der Waals surface area contributed by atoms with Gasteiger partial charge in [-0.1, -0.05) is 6.07 Å². The van der Waals surface area contributed by atoms with Gasteiger partial charge in [-0.25, -0.2) is 4.79 Å². The van der Waals surface area contributed by atoms with Crippen LogP contribution in [0.1, 0.15) is 19.3 Å². The second kappa shape index (κ2) is 6.87. The molecule has 104 valence electrons. The minimum atomic E-state index is 0.0101. The van der Waals surface area contributed by atoms with E-state index in [-0.39, 0.29) is 6.03 Å². The summed E-state index contributed by atoms with van der Waals surface area (Å²) in [5.41, 5.74) is 6.33. The first-order valence-corrected chi connectivity index (χ1v) is 6.77. The van der Waals surface area contributed by atoms with Crippen LogP contribution in [0.5, 0.6) is 5.75 Å². The van der Waals surface area contributed by atoms with Gasteiger partial charge >= 0.3 is 6.03 Å². The summed E-state index contributed by atoms with van der Waals surface area (Å²) in [6, 6.07) is 7.29. The fourth-order valence-corrected chi connectivity index (χ4v) is 2.14. The van der Waals surface area contributed by atoms with Crippen LogP contribution < -0.4 is 15.8 Å². The molecule has 2 amide bonds. The number of piperidine rings is 1. The molecule has 2 rings (SSSR count). The number of ether oxygens (including phenoxy) is 1. The predicted octanol–water partition coefficient (Wildman–Crippen LogP) is 1.84. The molecule has 0 aliphatic carbocycles. The Labute approximate surface area is 113 Å². The maximum Gasteiger partial charge on any atom is 0.317 e. The minimum absolute atomic E-state index is 0.0101. The second-order valence-corrected chi connectivity index (χ2v) is 4.70. The summed E-state index contributed by atoms with van der Waals surface area (Å²) >= 11 is 0. The number of rotatable bonds is 4. The number of carbonyl (C=O) groups is 1. The van der Waals surface area contributed by atoms with Crippen LogP contribution in [0, 0.1) is 0 Å². The van der Waals surface area contributed by atoms with Gasteiger partial charge in [-0.05, 0) is 31.4 Å². The molecule has 0 radical (unpaired) electrons. The van der Waals surface area contributed by atoms with E-state index in [1.807, 2.05) is 23.1 Å². The van der Waals surface area contributed by atoms with Gasteiger partial charge in [0.15, 0.2) is 0 Å². The van der Waals surface area contributed by atoms with E-state index < -0.39 is 0 Å². The number of benzene rings is 1. The van der Waals surface area contributed by atoms with Gasteiger partial charge in [0.05, 0.1) is 6.54 Å². The van der Waals surface area contributed by atoms with E-state index >= 15 is 0 Å². The van der Waals surface area contributed by atoms with E-state index in [1.54, 1.807) is 6.07 Å². The number of nitrogens with zero attached hydrogens (tertiary/aromatic N) is 1. The Hall–Kier alpha value is -1.91. The van der Waals surface area contributed by atoms with Crippen molar-refractivity contribution in [2.24, 2.45) is 0 Å². The zero-order valence-electron chi connectivity index (χ0n) is 11.1.